The molecule has 1 unspecified atom stereocenters. The summed E-state index contributed by atoms with van der Waals surface area (Å²) in [5.41, 5.74) is 1.96. The molecule has 4 N–H and O–H groups in total. The summed E-state index contributed by atoms with van der Waals surface area (Å²) in [6.07, 6.45) is 10.3. The van der Waals surface area contributed by atoms with Crippen LogP contribution < -0.4 is 21.3 Å². The van der Waals surface area contributed by atoms with E-state index in [0.29, 0.717) is 82.7 Å². The number of aromatic nitrogens is 4. The Labute approximate surface area is 481 Å². The maximum Gasteiger partial charge on any atom is 0.277 e. The van der Waals surface area contributed by atoms with Crippen molar-refractivity contribution in [2.45, 2.75) is 53.4 Å². The summed E-state index contributed by atoms with van der Waals surface area (Å²) in [5, 5.41) is 68.8. The molecule has 2 fully saturated rings. The first-order valence-electron chi connectivity index (χ1n) is 22.8. The van der Waals surface area contributed by atoms with Gasteiger partial charge >= 0.3 is 0 Å². The van der Waals surface area contributed by atoms with Crippen molar-refractivity contribution in [3.63, 3.8) is 0 Å². The number of hydrazone groups is 3. The Bertz CT molecular complexity index is 2740. The highest BCUT2D eigenvalue weighted by Gasteiger charge is 2.26. The first-order valence-corrected chi connectivity index (χ1v) is 26.0. The van der Waals surface area contributed by atoms with Crippen LogP contribution in [0.1, 0.15) is 48.1 Å². The molecule has 2 saturated heterocycles. The third-order valence-electron chi connectivity index (χ3n) is 9.82. The molecule has 2 aliphatic heterocycles. The predicted molar refractivity (Wildman–Crippen MR) is 299 cm³/mol. The van der Waals surface area contributed by atoms with Crippen LogP contribution in [0, 0.1) is 57.8 Å². The third-order valence-corrected chi connectivity index (χ3v) is 12.5. The van der Waals surface area contributed by atoms with Gasteiger partial charge in [-0.3, -0.25) is 10.1 Å². The standard InChI is InChI=1S/C11H15ClN4O2.C10H11ClN4.C8H10ClN5O3S.C7H14N4O3.C6H7ClN4O2S/c1-3-15(11(13-2)8-16(17)18)7-9-4-5-10(12)14-6-9;1-8(14-7-12)15(2)6-9-3-4-10(11)13-5-9;1-12-4-17-5-13(8(12)11-14(15)16)3-6-2-10-7(9)18-6;1-8-7(10-11(12)13)9-4-6-2-3-14-5-6;1-4(10-11(12)13)8-2-5-3-9-6(7)14-5/h4-6,8,13H,3,7H2,1-2H3;3-5H,6H2,1-2H3;2H,3-5H2,1H3;6H,2-5H2,1H3,(H2,8,9,10);3H,2H2,1H3,(H,8,10)/b11-8+;;11-8+;;. The van der Waals surface area contributed by atoms with Crippen molar-refractivity contribution in [3.05, 3.63) is 142 Å². The van der Waals surface area contributed by atoms with Crippen molar-refractivity contribution in [2.75, 3.05) is 68.0 Å². The van der Waals surface area contributed by atoms with Gasteiger partial charge in [0.2, 0.25) is 6.19 Å². The number of pyridine rings is 2. The molecule has 1 atom stereocenters. The van der Waals surface area contributed by atoms with Crippen molar-refractivity contribution < 1.29 is 29.5 Å². The van der Waals surface area contributed by atoms with E-state index in [1.807, 2.05) is 35.9 Å². The molecule has 79 heavy (non-hydrogen) atoms. The first-order chi connectivity index (χ1) is 37.5. The zero-order valence-electron chi connectivity index (χ0n) is 43.6. The summed E-state index contributed by atoms with van der Waals surface area (Å²) < 4.78 is 11.3. The summed E-state index contributed by atoms with van der Waals surface area (Å²) >= 11 is 25.3. The molecule has 6 heterocycles. The number of thiazole rings is 2. The Morgan fingerprint density at radius 1 is 0.848 bits per heavy atom. The van der Waals surface area contributed by atoms with Crippen molar-refractivity contribution in [1.82, 2.24) is 60.8 Å². The van der Waals surface area contributed by atoms with Crippen LogP contribution in [-0.2, 0) is 35.7 Å². The van der Waals surface area contributed by atoms with Crippen molar-refractivity contribution in [3.8, 4) is 6.19 Å². The van der Waals surface area contributed by atoms with Crippen LogP contribution in [0.3, 0.4) is 0 Å². The minimum Gasteiger partial charge on any atom is -0.381 e. The minimum absolute atomic E-state index is 0.182. The molecule has 0 radical (unpaired) electrons. The highest BCUT2D eigenvalue weighted by Crippen LogP contribution is 2.21. The zero-order valence-corrected chi connectivity index (χ0v) is 48.2. The molecular weight excluding hydrogens is 1160 g/mol. The smallest absolute Gasteiger partial charge is 0.277 e. The van der Waals surface area contributed by atoms with E-state index >= 15 is 0 Å². The average molecular weight is 1220 g/mol. The van der Waals surface area contributed by atoms with Crippen molar-refractivity contribution >= 4 is 92.7 Å². The number of guanidine groups is 2. The summed E-state index contributed by atoms with van der Waals surface area (Å²) in [7, 11) is 6.78. The van der Waals surface area contributed by atoms with Gasteiger partial charge in [-0.2, -0.15) is 10.3 Å². The number of halogens is 4. The lowest BCUT2D eigenvalue weighted by Gasteiger charge is -2.34. The predicted octanol–water partition coefficient (Wildman–Crippen LogP) is 5.82. The lowest BCUT2D eigenvalue weighted by Crippen LogP contribution is -2.49. The molecular formula is C42H57Cl4N21O10S2. The average Bonchev–Trinajstić information content (AvgIpc) is 4.19. The van der Waals surface area contributed by atoms with E-state index in [0.717, 1.165) is 40.1 Å². The van der Waals surface area contributed by atoms with Gasteiger partial charge in [-0.1, -0.05) is 58.5 Å². The van der Waals surface area contributed by atoms with Crippen LogP contribution >= 0.6 is 69.1 Å². The Kier molecular flexibility index (Phi) is 32.0. The highest BCUT2D eigenvalue weighted by molar-refractivity contribution is 7.16. The fourth-order valence-electron chi connectivity index (χ4n) is 6.04. The summed E-state index contributed by atoms with van der Waals surface area (Å²) in [6.45, 7) is 10.6. The van der Waals surface area contributed by atoms with Gasteiger partial charge in [0.25, 0.3) is 18.1 Å². The van der Waals surface area contributed by atoms with E-state index in [2.05, 4.69) is 61.5 Å². The normalized spacial score (nSPS) is 14.8. The SMILES string of the molecule is C/C(=N\[N+](=O)[O-])NCc1cnc(Cl)s1.CC(=NC#N)N(C)Cc1ccc(Cl)nc1.CCN(Cc1ccc(Cl)nc1)/C(=C/[N+](=O)[O-])NC.CN/C(=N\[N+](=O)[O-])NCC1CCOC1.CN1COCN(Cc2cnc(Cl)s2)/C1=N/[N+](=O)[O-]. The first kappa shape index (κ1) is 67.7. The molecule has 2 aliphatic rings. The number of nitro groups is 4. The number of hydrogen-bond donors (Lipinski definition) is 4. The van der Waals surface area contributed by atoms with Crippen LogP contribution in [0.25, 0.3) is 0 Å². The van der Waals surface area contributed by atoms with Crippen molar-refractivity contribution in [1.29, 1.82) is 5.26 Å². The molecule has 37 heteroatoms. The fourth-order valence-corrected chi connectivity index (χ4v) is 8.17. The molecule has 31 nitrogen and oxygen atoms in total. The molecule has 4 aromatic heterocycles. The van der Waals surface area contributed by atoms with Gasteiger partial charge in [-0.15, -0.1) is 22.7 Å². The largest absolute Gasteiger partial charge is 0.381 e. The zero-order chi connectivity index (χ0) is 58.9. The lowest BCUT2D eigenvalue weighted by atomic mass is 10.1. The third kappa shape index (κ3) is 29.2. The Hall–Kier alpha value is -7.45. The van der Waals surface area contributed by atoms with Gasteiger partial charge < -0.3 is 50.3 Å². The van der Waals surface area contributed by atoms with Crippen LogP contribution in [0.2, 0.25) is 19.2 Å². The van der Waals surface area contributed by atoms with Gasteiger partial charge in [0.05, 0.1) is 29.7 Å². The number of amidine groups is 2. The van der Waals surface area contributed by atoms with E-state index < -0.39 is 20.0 Å². The minimum atomic E-state index is -0.748. The molecule has 0 aromatic carbocycles. The highest BCUT2D eigenvalue weighted by atomic mass is 35.5. The monoisotopic (exact) mass is 1220 g/mol. The Balaban J connectivity index is 0.000000339. The topological polar surface area (TPSA) is 377 Å². The van der Waals surface area contributed by atoms with Gasteiger partial charge in [0.1, 0.15) is 39.8 Å². The van der Waals surface area contributed by atoms with Crippen LogP contribution in [-0.4, -0.2) is 151 Å². The summed E-state index contributed by atoms with van der Waals surface area (Å²) in [5.74, 6) is 2.24. The Morgan fingerprint density at radius 2 is 1.46 bits per heavy atom. The van der Waals surface area contributed by atoms with Gasteiger partial charge in [-0.05, 0) is 50.5 Å². The molecule has 0 amide bonds. The number of ether oxygens (including phenoxy) is 2. The van der Waals surface area contributed by atoms with E-state index in [1.165, 1.54) is 29.6 Å². The van der Waals surface area contributed by atoms with E-state index in [4.69, 9.17) is 61.1 Å². The second-order valence-electron chi connectivity index (χ2n) is 15.6. The number of nitriles is 1. The van der Waals surface area contributed by atoms with Crippen molar-refractivity contribution in [2.24, 2.45) is 26.2 Å². The summed E-state index contributed by atoms with van der Waals surface area (Å²) in [6, 6.07) is 7.17. The molecule has 6 rings (SSSR count). The second-order valence-corrected chi connectivity index (χ2v) is 19.8. The van der Waals surface area contributed by atoms with Crippen LogP contribution in [0.4, 0.5) is 0 Å². The Morgan fingerprint density at radius 3 is 1.92 bits per heavy atom. The quantitative estimate of drug-likeness (QED) is 0.0242. The maximum absolute atomic E-state index is 10.5. The number of rotatable bonds is 17. The van der Waals surface area contributed by atoms with Gasteiger partial charge in [-0.25, -0.2) is 50.3 Å². The van der Waals surface area contributed by atoms with Gasteiger partial charge in [0.15, 0.2) is 35.7 Å². The fraction of sp³-hybridized carbons (Fsp3) is 0.452. The van der Waals surface area contributed by atoms with E-state index in [9.17, 15) is 40.5 Å². The number of aliphatic imine (C=N–C) groups is 1. The molecule has 0 spiro atoms. The number of nitrogens with zero attached hydrogens (tertiary/aromatic N) is 17. The molecule has 4 aromatic rings. The van der Waals surface area contributed by atoms with Gasteiger partial charge in [0, 0.05) is 101 Å². The summed E-state index contributed by atoms with van der Waals surface area (Å²) in [4.78, 5) is 68.6. The molecule has 0 saturated carbocycles. The lowest BCUT2D eigenvalue weighted by molar-refractivity contribution is -0.486. The number of hydrogen-bond acceptors (Lipinski definition) is 20. The number of nitrogens with one attached hydrogen (secondary N) is 4. The van der Waals surface area contributed by atoms with E-state index in [1.54, 1.807) is 81.0 Å². The molecule has 0 aliphatic carbocycles. The maximum atomic E-state index is 10.5. The van der Waals surface area contributed by atoms with Crippen LogP contribution in [0.15, 0.2) is 81.4 Å². The molecule has 0 bridgehead atoms. The van der Waals surface area contributed by atoms with Crippen LogP contribution in [0.5, 0.6) is 0 Å². The second kappa shape index (κ2) is 37.4. The van der Waals surface area contributed by atoms with E-state index in [-0.39, 0.29) is 31.2 Å². The molecule has 430 valence electrons.